The van der Waals surface area contributed by atoms with E-state index in [9.17, 15) is 18.0 Å². The van der Waals surface area contributed by atoms with Gasteiger partial charge in [0.25, 0.3) is 5.91 Å². The summed E-state index contributed by atoms with van der Waals surface area (Å²) >= 11 is -0.178. The van der Waals surface area contributed by atoms with E-state index in [0.717, 1.165) is 0 Å². The van der Waals surface area contributed by atoms with Gasteiger partial charge in [0.15, 0.2) is 0 Å². The molecule has 0 spiro atoms. The lowest BCUT2D eigenvalue weighted by Gasteiger charge is -2.06. The minimum absolute atomic E-state index is 0.0709. The number of hydrogen-bond donors (Lipinski definition) is 1. The highest BCUT2D eigenvalue weighted by atomic mass is 32.2. The van der Waals surface area contributed by atoms with Gasteiger partial charge in [-0.3, -0.25) is 9.78 Å². The van der Waals surface area contributed by atoms with Gasteiger partial charge in [-0.1, -0.05) is 0 Å². The van der Waals surface area contributed by atoms with Crippen molar-refractivity contribution in [3.8, 4) is 0 Å². The first-order chi connectivity index (χ1) is 7.88. The van der Waals surface area contributed by atoms with E-state index in [1.165, 1.54) is 12.4 Å². The number of carbonyl (C=O) groups excluding carboxylic acids is 1. The molecule has 1 aromatic rings. The van der Waals surface area contributed by atoms with Crippen molar-refractivity contribution in [1.82, 2.24) is 15.3 Å². The molecule has 0 saturated heterocycles. The average Bonchev–Trinajstić information content (AvgIpc) is 2.24. The summed E-state index contributed by atoms with van der Waals surface area (Å²) < 4.78 is 35.3. The third-order valence-corrected chi connectivity index (χ3v) is 2.40. The van der Waals surface area contributed by atoms with Crippen LogP contribution in [0.15, 0.2) is 12.4 Å². The Balaban J connectivity index is 2.33. The number of aromatic nitrogens is 2. The van der Waals surface area contributed by atoms with Gasteiger partial charge in [-0.2, -0.15) is 13.2 Å². The lowest BCUT2D eigenvalue weighted by molar-refractivity contribution is -0.0327. The molecule has 0 aliphatic heterocycles. The van der Waals surface area contributed by atoms with Gasteiger partial charge >= 0.3 is 5.51 Å². The third-order valence-electron chi connectivity index (χ3n) is 1.67. The Kier molecular flexibility index (Phi) is 4.73. The second-order valence-corrected chi connectivity index (χ2v) is 4.25. The second-order valence-electron chi connectivity index (χ2n) is 3.09. The Morgan fingerprint density at radius 3 is 2.65 bits per heavy atom. The van der Waals surface area contributed by atoms with Crippen LogP contribution < -0.4 is 5.32 Å². The fourth-order valence-electron chi connectivity index (χ4n) is 0.932. The standard InChI is InChI=1S/C9H10F3N3OS/c1-6-4-15-7(5-14-6)8(16)13-2-3-17-9(10,11)12/h4-5H,2-3H2,1H3,(H,13,16). The molecule has 0 atom stereocenters. The fourth-order valence-corrected chi connectivity index (χ4v) is 1.37. The van der Waals surface area contributed by atoms with Crippen LogP contribution in [0.4, 0.5) is 13.2 Å². The molecular formula is C9H10F3N3OS. The van der Waals surface area contributed by atoms with Crippen LogP contribution in [0.5, 0.6) is 0 Å². The molecule has 1 aromatic heterocycles. The molecule has 4 nitrogen and oxygen atoms in total. The molecule has 17 heavy (non-hydrogen) atoms. The fraction of sp³-hybridized carbons (Fsp3) is 0.444. The van der Waals surface area contributed by atoms with Crippen LogP contribution >= 0.6 is 11.8 Å². The first kappa shape index (κ1) is 13.8. The quantitative estimate of drug-likeness (QED) is 0.843. The Hall–Kier alpha value is -1.31. The number of thioether (sulfide) groups is 1. The molecule has 0 aromatic carbocycles. The molecule has 1 amide bonds. The molecule has 0 bridgehead atoms. The first-order valence-corrected chi connectivity index (χ1v) is 5.64. The van der Waals surface area contributed by atoms with Crippen LogP contribution in [-0.4, -0.2) is 33.7 Å². The monoisotopic (exact) mass is 265 g/mol. The Morgan fingerprint density at radius 2 is 2.12 bits per heavy atom. The molecule has 0 aliphatic carbocycles. The molecule has 0 radical (unpaired) electrons. The Labute approximate surface area is 100 Å². The topological polar surface area (TPSA) is 54.9 Å². The number of nitrogens with one attached hydrogen (secondary N) is 1. The number of aryl methyl sites for hydroxylation is 1. The maximum Gasteiger partial charge on any atom is 0.441 e. The minimum atomic E-state index is -4.27. The number of carbonyl (C=O) groups is 1. The van der Waals surface area contributed by atoms with Gasteiger partial charge in [0.2, 0.25) is 0 Å². The summed E-state index contributed by atoms with van der Waals surface area (Å²) in [6, 6.07) is 0. The van der Waals surface area contributed by atoms with Crippen molar-refractivity contribution in [2.75, 3.05) is 12.3 Å². The van der Waals surface area contributed by atoms with Gasteiger partial charge in [0, 0.05) is 18.5 Å². The normalized spacial score (nSPS) is 11.3. The van der Waals surface area contributed by atoms with E-state index < -0.39 is 11.4 Å². The van der Waals surface area contributed by atoms with Gasteiger partial charge in [-0.05, 0) is 18.7 Å². The van der Waals surface area contributed by atoms with Crippen molar-refractivity contribution in [3.63, 3.8) is 0 Å². The Bertz CT molecular complexity index is 380. The highest BCUT2D eigenvalue weighted by Crippen LogP contribution is 2.29. The molecule has 94 valence electrons. The number of amides is 1. The number of halogens is 3. The predicted molar refractivity (Wildman–Crippen MR) is 57.6 cm³/mol. The van der Waals surface area contributed by atoms with Gasteiger partial charge in [0.1, 0.15) is 5.69 Å². The van der Waals surface area contributed by atoms with E-state index in [0.29, 0.717) is 5.69 Å². The van der Waals surface area contributed by atoms with E-state index in [-0.39, 0.29) is 29.8 Å². The van der Waals surface area contributed by atoms with Crippen molar-refractivity contribution in [2.45, 2.75) is 12.4 Å². The number of rotatable bonds is 4. The van der Waals surface area contributed by atoms with Crippen LogP contribution in [-0.2, 0) is 0 Å². The second kappa shape index (κ2) is 5.85. The van der Waals surface area contributed by atoms with E-state index >= 15 is 0 Å². The average molecular weight is 265 g/mol. The minimum Gasteiger partial charge on any atom is -0.350 e. The summed E-state index contributed by atoms with van der Waals surface area (Å²) in [6.07, 6.45) is 2.70. The van der Waals surface area contributed by atoms with Crippen molar-refractivity contribution < 1.29 is 18.0 Å². The third kappa shape index (κ3) is 5.53. The summed E-state index contributed by atoms with van der Waals surface area (Å²) in [7, 11) is 0. The summed E-state index contributed by atoms with van der Waals surface area (Å²) in [5, 5.41) is 2.33. The van der Waals surface area contributed by atoms with Crippen molar-refractivity contribution in [1.29, 1.82) is 0 Å². The lowest BCUT2D eigenvalue weighted by Crippen LogP contribution is -2.27. The first-order valence-electron chi connectivity index (χ1n) is 4.66. The van der Waals surface area contributed by atoms with E-state index in [1.54, 1.807) is 6.92 Å². The molecule has 0 saturated carbocycles. The van der Waals surface area contributed by atoms with E-state index in [2.05, 4.69) is 15.3 Å². The van der Waals surface area contributed by atoms with Gasteiger partial charge in [-0.15, -0.1) is 0 Å². The molecule has 1 heterocycles. The maximum atomic E-state index is 11.8. The van der Waals surface area contributed by atoms with E-state index in [4.69, 9.17) is 0 Å². The summed E-state index contributed by atoms with van der Waals surface area (Å²) in [5.74, 6) is -0.755. The molecule has 1 rings (SSSR count). The zero-order valence-electron chi connectivity index (χ0n) is 8.91. The molecule has 8 heteroatoms. The van der Waals surface area contributed by atoms with Crippen LogP contribution in [0.1, 0.15) is 16.2 Å². The van der Waals surface area contributed by atoms with Crippen molar-refractivity contribution in [2.24, 2.45) is 0 Å². The van der Waals surface area contributed by atoms with Crippen LogP contribution in [0, 0.1) is 6.92 Å². The molecule has 0 aliphatic rings. The predicted octanol–water partition coefficient (Wildman–Crippen LogP) is 1.77. The van der Waals surface area contributed by atoms with E-state index in [1.807, 2.05) is 0 Å². The van der Waals surface area contributed by atoms with Gasteiger partial charge in [0.05, 0.1) is 11.9 Å². The molecular weight excluding hydrogens is 255 g/mol. The van der Waals surface area contributed by atoms with Crippen molar-refractivity contribution >= 4 is 17.7 Å². The zero-order valence-corrected chi connectivity index (χ0v) is 9.73. The Morgan fingerprint density at radius 1 is 1.41 bits per heavy atom. The van der Waals surface area contributed by atoms with Crippen LogP contribution in [0.2, 0.25) is 0 Å². The largest absolute Gasteiger partial charge is 0.441 e. The highest BCUT2D eigenvalue weighted by molar-refractivity contribution is 8.00. The molecule has 1 N–H and O–H groups in total. The maximum absolute atomic E-state index is 11.8. The number of alkyl halides is 3. The zero-order chi connectivity index (χ0) is 12.9. The molecule has 0 fully saturated rings. The summed E-state index contributed by atoms with van der Waals surface area (Å²) in [5.41, 5.74) is -3.52. The smallest absolute Gasteiger partial charge is 0.350 e. The van der Waals surface area contributed by atoms with Crippen LogP contribution in [0.3, 0.4) is 0 Å². The highest BCUT2D eigenvalue weighted by Gasteiger charge is 2.27. The van der Waals surface area contributed by atoms with Crippen LogP contribution in [0.25, 0.3) is 0 Å². The SMILES string of the molecule is Cc1cnc(C(=O)NCCSC(F)(F)F)cn1. The van der Waals surface area contributed by atoms with Gasteiger partial charge < -0.3 is 5.32 Å². The number of nitrogens with zero attached hydrogens (tertiary/aromatic N) is 2. The lowest BCUT2D eigenvalue weighted by atomic mass is 10.4. The summed E-state index contributed by atoms with van der Waals surface area (Å²) in [4.78, 5) is 19.0. The van der Waals surface area contributed by atoms with Crippen molar-refractivity contribution in [3.05, 3.63) is 23.8 Å². The van der Waals surface area contributed by atoms with Gasteiger partial charge in [-0.25, -0.2) is 4.98 Å². The molecule has 0 unspecified atom stereocenters. The summed E-state index contributed by atoms with van der Waals surface area (Å²) in [6.45, 7) is 1.65. The number of hydrogen-bond acceptors (Lipinski definition) is 4.